The predicted molar refractivity (Wildman–Crippen MR) is 84.5 cm³/mol. The van der Waals surface area contributed by atoms with Crippen LogP contribution in [-0.2, 0) is 11.3 Å². The summed E-state index contributed by atoms with van der Waals surface area (Å²) in [6, 6.07) is 7.94. The lowest BCUT2D eigenvalue weighted by Gasteiger charge is -2.40. The van der Waals surface area contributed by atoms with Gasteiger partial charge in [0.1, 0.15) is 0 Å². The normalized spacial score (nSPS) is 29.4. The van der Waals surface area contributed by atoms with E-state index in [2.05, 4.69) is 11.0 Å². The zero-order valence-electron chi connectivity index (χ0n) is 12.5. The number of aliphatic hydroxyl groups excluding tert-OH is 1. The molecule has 1 aliphatic heterocycles. The molecule has 0 amide bonds. The summed E-state index contributed by atoms with van der Waals surface area (Å²) < 4.78 is 5.65. The number of ether oxygens (including phenoxy) is 1. The largest absolute Gasteiger partial charge is 0.393 e. The molecule has 1 N–H and O–H groups in total. The highest BCUT2D eigenvalue weighted by molar-refractivity contribution is 6.30. The van der Waals surface area contributed by atoms with Crippen LogP contribution < -0.4 is 0 Å². The van der Waals surface area contributed by atoms with Crippen LogP contribution in [0, 0.1) is 17.2 Å². The number of morpholine rings is 1. The van der Waals surface area contributed by atoms with Gasteiger partial charge in [-0.2, -0.15) is 5.26 Å². The summed E-state index contributed by atoms with van der Waals surface area (Å²) in [5, 5.41) is 20.1. The van der Waals surface area contributed by atoms with Crippen molar-refractivity contribution in [1.82, 2.24) is 4.90 Å². The maximum atomic E-state index is 10.2. The van der Waals surface area contributed by atoms with E-state index >= 15 is 0 Å². The van der Waals surface area contributed by atoms with E-state index in [4.69, 9.17) is 16.3 Å². The Balaban J connectivity index is 1.78. The molecule has 1 saturated carbocycles. The number of nitriles is 1. The molecule has 118 valence electrons. The van der Waals surface area contributed by atoms with Crippen molar-refractivity contribution in [2.45, 2.75) is 38.0 Å². The molecule has 0 unspecified atom stereocenters. The standard InChI is InChI=1S/C17H21ClN2O2/c18-14-5-4-12(13(8-14)9-19)10-20-6-7-22-11-16(20)15-2-1-3-17(15)21/h4-5,8,15-17,21H,1-3,6-7,10-11H2/t15-,16+,17-/m0/s1. The smallest absolute Gasteiger partial charge is 0.0995 e. The van der Waals surface area contributed by atoms with Crippen LogP contribution in [0.15, 0.2) is 18.2 Å². The number of hydrogen-bond acceptors (Lipinski definition) is 4. The molecule has 0 aromatic heterocycles. The highest BCUT2D eigenvalue weighted by Gasteiger charge is 2.37. The van der Waals surface area contributed by atoms with E-state index in [1.807, 2.05) is 12.1 Å². The van der Waals surface area contributed by atoms with Crippen LogP contribution in [0.4, 0.5) is 0 Å². The van der Waals surface area contributed by atoms with Gasteiger partial charge in [0.25, 0.3) is 0 Å². The zero-order chi connectivity index (χ0) is 15.5. The zero-order valence-corrected chi connectivity index (χ0v) is 13.3. The van der Waals surface area contributed by atoms with Crippen molar-refractivity contribution in [3.05, 3.63) is 34.3 Å². The molecule has 3 rings (SSSR count). The van der Waals surface area contributed by atoms with Crippen LogP contribution in [0.1, 0.15) is 30.4 Å². The summed E-state index contributed by atoms with van der Waals surface area (Å²) in [7, 11) is 0. The Morgan fingerprint density at radius 3 is 3.00 bits per heavy atom. The summed E-state index contributed by atoms with van der Waals surface area (Å²) in [6.45, 7) is 2.91. The van der Waals surface area contributed by atoms with Gasteiger partial charge in [0.15, 0.2) is 0 Å². The molecule has 1 aromatic carbocycles. The van der Waals surface area contributed by atoms with E-state index in [0.717, 1.165) is 31.4 Å². The van der Waals surface area contributed by atoms with E-state index in [0.29, 0.717) is 30.3 Å². The third-order valence-electron chi connectivity index (χ3n) is 4.87. The van der Waals surface area contributed by atoms with Gasteiger partial charge in [-0.05, 0) is 30.5 Å². The van der Waals surface area contributed by atoms with Crippen molar-refractivity contribution in [3.63, 3.8) is 0 Å². The second kappa shape index (κ2) is 6.97. The molecule has 2 aliphatic rings. The number of benzene rings is 1. The number of halogens is 1. The monoisotopic (exact) mass is 320 g/mol. The van der Waals surface area contributed by atoms with Gasteiger partial charge in [-0.1, -0.05) is 24.1 Å². The van der Waals surface area contributed by atoms with Gasteiger partial charge in [0.2, 0.25) is 0 Å². The minimum Gasteiger partial charge on any atom is -0.393 e. The third-order valence-corrected chi connectivity index (χ3v) is 5.11. The summed E-state index contributed by atoms with van der Waals surface area (Å²) in [6.07, 6.45) is 2.80. The minimum atomic E-state index is -0.227. The van der Waals surface area contributed by atoms with Crippen LogP contribution in [-0.4, -0.2) is 41.9 Å². The Labute approximate surface area is 136 Å². The Morgan fingerprint density at radius 1 is 1.41 bits per heavy atom. The van der Waals surface area contributed by atoms with Crippen LogP contribution >= 0.6 is 11.6 Å². The van der Waals surface area contributed by atoms with Crippen molar-refractivity contribution in [2.24, 2.45) is 5.92 Å². The summed E-state index contributed by atoms with van der Waals surface area (Å²) in [5.41, 5.74) is 1.62. The molecule has 0 spiro atoms. The fraction of sp³-hybridized carbons (Fsp3) is 0.588. The van der Waals surface area contributed by atoms with E-state index < -0.39 is 0 Å². The lowest BCUT2D eigenvalue weighted by atomic mass is 9.93. The van der Waals surface area contributed by atoms with Crippen molar-refractivity contribution in [1.29, 1.82) is 5.26 Å². The molecule has 4 nitrogen and oxygen atoms in total. The van der Waals surface area contributed by atoms with Gasteiger partial charge in [0.05, 0.1) is 31.0 Å². The highest BCUT2D eigenvalue weighted by atomic mass is 35.5. The molecule has 2 fully saturated rings. The van der Waals surface area contributed by atoms with Crippen molar-refractivity contribution in [3.8, 4) is 6.07 Å². The second-order valence-electron chi connectivity index (χ2n) is 6.19. The van der Waals surface area contributed by atoms with Crippen LogP contribution in [0.5, 0.6) is 0 Å². The second-order valence-corrected chi connectivity index (χ2v) is 6.62. The Morgan fingerprint density at radius 2 is 2.27 bits per heavy atom. The molecule has 22 heavy (non-hydrogen) atoms. The van der Waals surface area contributed by atoms with Gasteiger partial charge in [0, 0.05) is 30.1 Å². The third kappa shape index (κ3) is 3.28. The lowest BCUT2D eigenvalue weighted by molar-refractivity contribution is -0.0536. The highest BCUT2D eigenvalue weighted by Crippen LogP contribution is 2.33. The molecular weight excluding hydrogens is 300 g/mol. The molecule has 0 bridgehead atoms. The first kappa shape index (κ1) is 15.8. The molecular formula is C17H21ClN2O2. The number of nitrogens with zero attached hydrogens (tertiary/aromatic N) is 2. The minimum absolute atomic E-state index is 0.227. The molecule has 1 saturated heterocycles. The predicted octanol–water partition coefficient (Wildman–Crippen LogP) is 2.57. The van der Waals surface area contributed by atoms with E-state index in [1.165, 1.54) is 0 Å². The molecule has 5 heteroatoms. The van der Waals surface area contributed by atoms with Crippen molar-refractivity contribution in [2.75, 3.05) is 19.8 Å². The molecule has 1 aliphatic carbocycles. The maximum Gasteiger partial charge on any atom is 0.0995 e. The van der Waals surface area contributed by atoms with E-state index in [-0.39, 0.29) is 18.1 Å². The number of rotatable bonds is 3. The van der Waals surface area contributed by atoms with Crippen molar-refractivity contribution < 1.29 is 9.84 Å². The Bertz CT molecular complexity index is 572. The van der Waals surface area contributed by atoms with Gasteiger partial charge in [-0.3, -0.25) is 4.90 Å². The first-order valence-corrected chi connectivity index (χ1v) is 8.25. The average Bonchev–Trinajstić information content (AvgIpc) is 2.95. The van der Waals surface area contributed by atoms with Crippen LogP contribution in [0.2, 0.25) is 5.02 Å². The van der Waals surface area contributed by atoms with Gasteiger partial charge < -0.3 is 9.84 Å². The van der Waals surface area contributed by atoms with Crippen molar-refractivity contribution >= 4 is 11.6 Å². The quantitative estimate of drug-likeness (QED) is 0.930. The molecule has 1 aromatic rings. The summed E-state index contributed by atoms with van der Waals surface area (Å²) in [4.78, 5) is 2.35. The number of hydrogen-bond donors (Lipinski definition) is 1. The first-order chi connectivity index (χ1) is 10.7. The lowest BCUT2D eigenvalue weighted by Crippen LogP contribution is -2.50. The number of aliphatic hydroxyl groups is 1. The Hall–Kier alpha value is -1.12. The van der Waals surface area contributed by atoms with Crippen LogP contribution in [0.25, 0.3) is 0 Å². The molecule has 3 atom stereocenters. The van der Waals surface area contributed by atoms with Gasteiger partial charge in [-0.15, -0.1) is 0 Å². The van der Waals surface area contributed by atoms with Crippen LogP contribution in [0.3, 0.4) is 0 Å². The van der Waals surface area contributed by atoms with Gasteiger partial charge in [-0.25, -0.2) is 0 Å². The first-order valence-electron chi connectivity index (χ1n) is 7.87. The summed E-state index contributed by atoms with van der Waals surface area (Å²) in [5.74, 6) is 0.276. The molecule has 0 radical (unpaired) electrons. The van der Waals surface area contributed by atoms with E-state index in [1.54, 1.807) is 6.07 Å². The van der Waals surface area contributed by atoms with Gasteiger partial charge >= 0.3 is 0 Å². The SMILES string of the molecule is N#Cc1cc(Cl)ccc1CN1CCOC[C@@H]1[C@@H]1CCC[C@@H]1O. The fourth-order valence-corrected chi connectivity index (χ4v) is 3.85. The average molecular weight is 321 g/mol. The van der Waals surface area contributed by atoms with E-state index in [9.17, 15) is 10.4 Å². The fourth-order valence-electron chi connectivity index (χ4n) is 3.68. The maximum absolute atomic E-state index is 10.2. The molecule has 1 heterocycles. The summed E-state index contributed by atoms with van der Waals surface area (Å²) >= 11 is 5.97. The topological polar surface area (TPSA) is 56.5 Å². The Kier molecular flexibility index (Phi) is 5.00.